The van der Waals surface area contributed by atoms with Crippen molar-refractivity contribution >= 4 is 6.03 Å². The molecule has 2 rings (SSSR count). The average molecular weight is 347 g/mol. The topological polar surface area (TPSA) is 72.5 Å². The third kappa shape index (κ3) is 6.23. The maximum absolute atomic E-state index is 12.1. The van der Waals surface area contributed by atoms with Gasteiger partial charge in [-0.15, -0.1) is 0 Å². The molecule has 1 fully saturated rings. The van der Waals surface area contributed by atoms with E-state index >= 15 is 0 Å². The number of hydrogen-bond donors (Lipinski definition) is 2. The van der Waals surface area contributed by atoms with Crippen molar-refractivity contribution in [3.05, 3.63) is 23.9 Å². The number of nitrogens with one attached hydrogen (secondary N) is 2. The molecule has 1 saturated heterocycles. The van der Waals surface area contributed by atoms with Gasteiger partial charge in [-0.3, -0.25) is 0 Å². The van der Waals surface area contributed by atoms with E-state index in [1.807, 2.05) is 6.92 Å². The standard InChI is InChI=1S/C15H20F3N3O3/c1-10(12-3-2-6-23-12)21-14(22)20-8-11-4-5-19-13(7-11)24-9-15(16,17)18/h4-5,7,10,12H,2-3,6,8-9H2,1H3,(H2,20,21,22)/t10-,12+/m1/s1. The molecule has 2 heterocycles. The monoisotopic (exact) mass is 347 g/mol. The third-order valence-corrected chi connectivity index (χ3v) is 3.52. The van der Waals surface area contributed by atoms with Crippen molar-refractivity contribution < 1.29 is 27.4 Å². The van der Waals surface area contributed by atoms with Gasteiger partial charge in [-0.05, 0) is 31.4 Å². The molecule has 2 atom stereocenters. The molecule has 1 aliphatic heterocycles. The summed E-state index contributed by atoms with van der Waals surface area (Å²) in [5, 5.41) is 5.42. The Hall–Kier alpha value is -2.03. The van der Waals surface area contributed by atoms with Gasteiger partial charge in [-0.25, -0.2) is 9.78 Å². The van der Waals surface area contributed by atoms with E-state index in [9.17, 15) is 18.0 Å². The van der Waals surface area contributed by atoms with Crippen LogP contribution in [-0.4, -0.2) is 42.6 Å². The zero-order chi connectivity index (χ0) is 17.6. The van der Waals surface area contributed by atoms with Crippen molar-refractivity contribution in [2.24, 2.45) is 0 Å². The van der Waals surface area contributed by atoms with Gasteiger partial charge in [0.1, 0.15) is 0 Å². The summed E-state index contributed by atoms with van der Waals surface area (Å²) in [5.74, 6) is -0.139. The second-order valence-electron chi connectivity index (χ2n) is 5.57. The normalized spacial score (nSPS) is 18.9. The zero-order valence-corrected chi connectivity index (χ0v) is 13.2. The number of nitrogens with zero attached hydrogens (tertiary/aromatic N) is 1. The fraction of sp³-hybridized carbons (Fsp3) is 0.600. The van der Waals surface area contributed by atoms with Crippen LogP contribution < -0.4 is 15.4 Å². The Kier molecular flexibility index (Phi) is 6.24. The molecule has 24 heavy (non-hydrogen) atoms. The number of carbonyl (C=O) groups is 1. The van der Waals surface area contributed by atoms with Crippen LogP contribution in [0.2, 0.25) is 0 Å². The van der Waals surface area contributed by atoms with E-state index in [-0.39, 0.29) is 30.6 Å². The van der Waals surface area contributed by atoms with E-state index in [4.69, 9.17) is 4.74 Å². The van der Waals surface area contributed by atoms with Crippen LogP contribution in [0.5, 0.6) is 5.88 Å². The summed E-state index contributed by atoms with van der Waals surface area (Å²) in [6.07, 6.45) is -1.19. The van der Waals surface area contributed by atoms with Crippen molar-refractivity contribution in [1.29, 1.82) is 0 Å². The molecule has 0 bridgehead atoms. The van der Waals surface area contributed by atoms with Crippen molar-refractivity contribution in [3.63, 3.8) is 0 Å². The lowest BCUT2D eigenvalue weighted by Gasteiger charge is -2.20. The van der Waals surface area contributed by atoms with Crippen LogP contribution in [0.1, 0.15) is 25.3 Å². The number of alkyl halides is 3. The number of urea groups is 1. The highest BCUT2D eigenvalue weighted by Gasteiger charge is 2.28. The highest BCUT2D eigenvalue weighted by Crippen LogP contribution is 2.18. The maximum Gasteiger partial charge on any atom is 0.422 e. The van der Waals surface area contributed by atoms with E-state index in [2.05, 4.69) is 20.4 Å². The largest absolute Gasteiger partial charge is 0.468 e. The van der Waals surface area contributed by atoms with Crippen molar-refractivity contribution in [1.82, 2.24) is 15.6 Å². The Morgan fingerprint density at radius 1 is 1.54 bits per heavy atom. The van der Waals surface area contributed by atoms with Gasteiger partial charge >= 0.3 is 12.2 Å². The van der Waals surface area contributed by atoms with E-state index in [0.29, 0.717) is 12.2 Å². The molecule has 2 amide bonds. The van der Waals surface area contributed by atoms with Gasteiger partial charge in [0.05, 0.1) is 12.1 Å². The van der Waals surface area contributed by atoms with Gasteiger partial charge in [-0.1, -0.05) is 0 Å². The van der Waals surface area contributed by atoms with Gasteiger partial charge in [0.2, 0.25) is 5.88 Å². The predicted molar refractivity (Wildman–Crippen MR) is 79.6 cm³/mol. The molecule has 0 unspecified atom stereocenters. The Bertz CT molecular complexity index is 548. The molecular formula is C15H20F3N3O3. The van der Waals surface area contributed by atoms with E-state index < -0.39 is 12.8 Å². The van der Waals surface area contributed by atoms with E-state index in [1.54, 1.807) is 6.07 Å². The highest BCUT2D eigenvalue weighted by molar-refractivity contribution is 5.74. The number of carbonyl (C=O) groups excluding carboxylic acids is 1. The van der Waals surface area contributed by atoms with Gasteiger partial charge in [0.25, 0.3) is 0 Å². The fourth-order valence-electron chi connectivity index (χ4n) is 2.33. The maximum atomic E-state index is 12.1. The lowest BCUT2D eigenvalue weighted by atomic mass is 10.1. The average Bonchev–Trinajstić information content (AvgIpc) is 3.05. The van der Waals surface area contributed by atoms with Gasteiger partial charge in [0.15, 0.2) is 6.61 Å². The lowest BCUT2D eigenvalue weighted by molar-refractivity contribution is -0.154. The van der Waals surface area contributed by atoms with Crippen LogP contribution in [0.25, 0.3) is 0 Å². The molecule has 0 aliphatic carbocycles. The first-order valence-electron chi connectivity index (χ1n) is 7.64. The molecular weight excluding hydrogens is 327 g/mol. The molecule has 9 heteroatoms. The number of pyridine rings is 1. The Labute approximate surface area is 137 Å². The Balaban J connectivity index is 1.77. The van der Waals surface area contributed by atoms with Crippen LogP contribution in [0.3, 0.4) is 0 Å². The summed E-state index contributed by atoms with van der Waals surface area (Å²) < 4.78 is 46.4. The van der Waals surface area contributed by atoms with Crippen LogP contribution in [-0.2, 0) is 11.3 Å². The quantitative estimate of drug-likeness (QED) is 0.829. The second kappa shape index (κ2) is 8.18. The van der Waals surface area contributed by atoms with Gasteiger partial charge < -0.3 is 20.1 Å². The minimum absolute atomic E-state index is 0.0130. The number of rotatable bonds is 6. The molecule has 0 saturated carbocycles. The first-order valence-corrected chi connectivity index (χ1v) is 7.64. The highest BCUT2D eigenvalue weighted by atomic mass is 19.4. The summed E-state index contributed by atoms with van der Waals surface area (Å²) in [6.45, 7) is 1.31. The molecule has 2 N–H and O–H groups in total. The number of ether oxygens (including phenoxy) is 2. The van der Waals surface area contributed by atoms with Gasteiger partial charge in [0, 0.05) is 25.4 Å². The minimum Gasteiger partial charge on any atom is -0.468 e. The SMILES string of the molecule is C[C@@H](NC(=O)NCc1ccnc(OCC(F)(F)F)c1)[C@@H]1CCCO1. The molecule has 0 radical (unpaired) electrons. The number of halogens is 3. The third-order valence-electron chi connectivity index (χ3n) is 3.52. The van der Waals surface area contributed by atoms with Crippen LogP contribution >= 0.6 is 0 Å². The minimum atomic E-state index is -4.42. The van der Waals surface area contributed by atoms with E-state index in [1.165, 1.54) is 12.3 Å². The molecule has 0 aromatic carbocycles. The van der Waals surface area contributed by atoms with Crippen molar-refractivity contribution in [3.8, 4) is 5.88 Å². The van der Waals surface area contributed by atoms with Crippen LogP contribution in [0.4, 0.5) is 18.0 Å². The van der Waals surface area contributed by atoms with Gasteiger partial charge in [-0.2, -0.15) is 13.2 Å². The first kappa shape index (κ1) is 18.3. The van der Waals surface area contributed by atoms with Crippen molar-refractivity contribution in [2.45, 2.75) is 44.6 Å². The zero-order valence-electron chi connectivity index (χ0n) is 13.2. The second-order valence-corrected chi connectivity index (χ2v) is 5.57. The fourth-order valence-corrected chi connectivity index (χ4v) is 2.33. The van der Waals surface area contributed by atoms with Crippen LogP contribution in [0.15, 0.2) is 18.3 Å². The molecule has 134 valence electrons. The number of hydrogen-bond acceptors (Lipinski definition) is 4. The Morgan fingerprint density at radius 2 is 2.33 bits per heavy atom. The molecule has 1 aromatic rings. The molecule has 1 aromatic heterocycles. The summed E-state index contributed by atoms with van der Waals surface area (Å²) in [5.41, 5.74) is 0.585. The lowest BCUT2D eigenvalue weighted by Crippen LogP contribution is -2.45. The summed E-state index contributed by atoms with van der Waals surface area (Å²) >= 11 is 0. The van der Waals surface area contributed by atoms with Crippen molar-refractivity contribution in [2.75, 3.05) is 13.2 Å². The first-order chi connectivity index (χ1) is 11.3. The summed E-state index contributed by atoms with van der Waals surface area (Å²) in [7, 11) is 0. The summed E-state index contributed by atoms with van der Waals surface area (Å²) in [6, 6.07) is 2.46. The predicted octanol–water partition coefficient (Wildman–Crippen LogP) is 2.39. The summed E-state index contributed by atoms with van der Waals surface area (Å²) in [4.78, 5) is 15.6. The Morgan fingerprint density at radius 3 is 3.00 bits per heavy atom. The smallest absolute Gasteiger partial charge is 0.422 e. The number of aromatic nitrogens is 1. The van der Waals surface area contributed by atoms with Crippen LogP contribution in [0, 0.1) is 0 Å². The number of amides is 2. The molecule has 0 spiro atoms. The molecule has 6 nitrogen and oxygen atoms in total. The van der Waals surface area contributed by atoms with E-state index in [0.717, 1.165) is 12.8 Å². The molecule has 1 aliphatic rings.